The Morgan fingerprint density at radius 1 is 1.00 bits per heavy atom. The molecule has 2 amide bonds. The number of benzene rings is 2. The molecule has 0 aliphatic carbocycles. The summed E-state index contributed by atoms with van der Waals surface area (Å²) in [4.78, 5) is 31.6. The first kappa shape index (κ1) is 19.3. The average Bonchev–Trinajstić information content (AvgIpc) is 3.15. The van der Waals surface area contributed by atoms with Gasteiger partial charge in [0, 0.05) is 38.3 Å². The van der Waals surface area contributed by atoms with Crippen molar-refractivity contribution in [1.82, 2.24) is 4.90 Å². The molecule has 0 bridgehead atoms. The summed E-state index contributed by atoms with van der Waals surface area (Å²) in [6.45, 7) is 4.79. The van der Waals surface area contributed by atoms with E-state index in [1.54, 1.807) is 12.0 Å². The minimum absolute atomic E-state index is 0.0276. The van der Waals surface area contributed by atoms with Crippen molar-refractivity contribution in [2.75, 3.05) is 43.1 Å². The van der Waals surface area contributed by atoms with Crippen LogP contribution in [0.3, 0.4) is 0 Å². The zero-order valence-corrected chi connectivity index (χ0v) is 17.0. The van der Waals surface area contributed by atoms with Crippen LogP contribution in [0.4, 0.5) is 11.4 Å². The summed E-state index contributed by atoms with van der Waals surface area (Å²) in [6, 6.07) is 15.4. The van der Waals surface area contributed by atoms with Crippen molar-refractivity contribution in [2.24, 2.45) is 0 Å². The first-order valence-electron chi connectivity index (χ1n) is 10.1. The summed E-state index contributed by atoms with van der Waals surface area (Å²) in [6.07, 6.45) is 1.00. The van der Waals surface area contributed by atoms with E-state index in [0.717, 1.165) is 35.8 Å². The Morgan fingerprint density at radius 3 is 2.38 bits per heavy atom. The van der Waals surface area contributed by atoms with Crippen LogP contribution in [0.25, 0.3) is 0 Å². The molecular weight excluding hydrogens is 366 g/mol. The van der Waals surface area contributed by atoms with Crippen molar-refractivity contribution in [3.05, 3.63) is 54.1 Å². The number of ether oxygens (including phenoxy) is 1. The Labute approximate surface area is 171 Å². The Hall–Kier alpha value is -3.02. The number of nitrogens with zero attached hydrogens (tertiary/aromatic N) is 3. The number of carbonyl (C=O) groups excluding carboxylic acids is 2. The summed E-state index contributed by atoms with van der Waals surface area (Å²) < 4.78 is 5.47. The molecule has 152 valence electrons. The van der Waals surface area contributed by atoms with Crippen molar-refractivity contribution < 1.29 is 14.3 Å². The largest absolute Gasteiger partial charge is 0.495 e. The van der Waals surface area contributed by atoms with E-state index in [1.807, 2.05) is 60.4 Å². The van der Waals surface area contributed by atoms with Crippen molar-refractivity contribution in [3.8, 4) is 5.75 Å². The molecule has 0 N–H and O–H groups in total. The van der Waals surface area contributed by atoms with Gasteiger partial charge in [-0.25, -0.2) is 0 Å². The molecule has 2 aliphatic rings. The number of rotatable bonds is 4. The second kappa shape index (κ2) is 8.15. The lowest BCUT2D eigenvalue weighted by molar-refractivity contribution is -0.133. The quantitative estimate of drug-likeness (QED) is 0.802. The fourth-order valence-corrected chi connectivity index (χ4v) is 4.22. The van der Waals surface area contributed by atoms with Gasteiger partial charge in [-0.2, -0.15) is 0 Å². The van der Waals surface area contributed by atoms with Gasteiger partial charge < -0.3 is 14.5 Å². The maximum absolute atomic E-state index is 13.3. The van der Waals surface area contributed by atoms with Gasteiger partial charge in [0.15, 0.2) is 0 Å². The van der Waals surface area contributed by atoms with Gasteiger partial charge in [-0.3, -0.25) is 14.5 Å². The topological polar surface area (TPSA) is 53.1 Å². The van der Waals surface area contributed by atoms with Crippen LogP contribution in [0.5, 0.6) is 5.75 Å². The highest BCUT2D eigenvalue weighted by atomic mass is 16.5. The number of para-hydroxylation sites is 2. The lowest BCUT2D eigenvalue weighted by atomic mass is 10.1. The molecule has 6 nitrogen and oxygen atoms in total. The molecule has 29 heavy (non-hydrogen) atoms. The molecule has 2 aromatic rings. The van der Waals surface area contributed by atoms with Crippen LogP contribution in [-0.4, -0.2) is 56.0 Å². The molecular formula is C23H27N3O3. The van der Waals surface area contributed by atoms with Gasteiger partial charge >= 0.3 is 0 Å². The number of methoxy groups -OCH3 is 1. The third-order valence-corrected chi connectivity index (χ3v) is 5.83. The highest BCUT2D eigenvalue weighted by Gasteiger charge is 2.39. The number of amides is 2. The highest BCUT2D eigenvalue weighted by molar-refractivity contribution is 6.03. The molecule has 2 saturated heterocycles. The molecule has 6 heteroatoms. The molecule has 0 saturated carbocycles. The van der Waals surface area contributed by atoms with Crippen molar-refractivity contribution in [1.29, 1.82) is 0 Å². The summed E-state index contributed by atoms with van der Waals surface area (Å²) in [7, 11) is 1.68. The van der Waals surface area contributed by atoms with Crippen molar-refractivity contribution in [2.45, 2.75) is 25.8 Å². The van der Waals surface area contributed by atoms with Crippen molar-refractivity contribution in [3.63, 3.8) is 0 Å². The van der Waals surface area contributed by atoms with Crippen molar-refractivity contribution >= 4 is 23.2 Å². The molecule has 1 atom stereocenters. The summed E-state index contributed by atoms with van der Waals surface area (Å²) in [5, 5.41) is 0. The smallest absolute Gasteiger partial charge is 0.245 e. The number of piperazine rings is 1. The summed E-state index contributed by atoms with van der Waals surface area (Å²) in [5.74, 6) is 0.926. The van der Waals surface area contributed by atoms with Gasteiger partial charge in [0.05, 0.1) is 12.8 Å². The van der Waals surface area contributed by atoms with Crippen LogP contribution in [0, 0.1) is 6.92 Å². The van der Waals surface area contributed by atoms with E-state index in [-0.39, 0.29) is 11.8 Å². The maximum Gasteiger partial charge on any atom is 0.245 e. The van der Waals surface area contributed by atoms with Crippen LogP contribution < -0.4 is 14.5 Å². The maximum atomic E-state index is 13.3. The normalized spacial score (nSPS) is 19.6. The second-order valence-electron chi connectivity index (χ2n) is 7.64. The van der Waals surface area contributed by atoms with Crippen LogP contribution in [0.1, 0.15) is 18.4 Å². The molecule has 2 aliphatic heterocycles. The first-order valence-corrected chi connectivity index (χ1v) is 10.1. The monoisotopic (exact) mass is 393 g/mol. The summed E-state index contributed by atoms with van der Waals surface area (Å²) >= 11 is 0. The standard InChI is InChI=1S/C23H27N3O3/c1-17-7-9-18(10-8-17)26-20(11-12-22(26)27)23(28)25-15-13-24(14-16-25)19-5-3-4-6-21(19)29-2/h3-10,20H,11-16H2,1-2H3. The second-order valence-corrected chi connectivity index (χ2v) is 7.64. The molecule has 1 unspecified atom stereocenters. The van der Waals surface area contributed by atoms with Gasteiger partial charge in [-0.05, 0) is 37.6 Å². The molecule has 2 heterocycles. The molecule has 2 fully saturated rings. The highest BCUT2D eigenvalue weighted by Crippen LogP contribution is 2.30. The van der Waals surface area contributed by atoms with Gasteiger partial charge in [0.25, 0.3) is 0 Å². The third kappa shape index (κ3) is 3.79. The van der Waals surface area contributed by atoms with E-state index in [1.165, 1.54) is 0 Å². The van der Waals surface area contributed by atoms with Gasteiger partial charge in [-0.15, -0.1) is 0 Å². The Balaban J connectivity index is 1.45. The molecule has 0 aromatic heterocycles. The van der Waals surface area contributed by atoms with E-state index in [2.05, 4.69) is 4.90 Å². The minimum Gasteiger partial charge on any atom is -0.495 e. The van der Waals surface area contributed by atoms with E-state index < -0.39 is 6.04 Å². The number of anilines is 2. The van der Waals surface area contributed by atoms with Crippen LogP contribution in [0.15, 0.2) is 48.5 Å². The van der Waals surface area contributed by atoms with E-state index in [0.29, 0.717) is 25.9 Å². The van der Waals surface area contributed by atoms with E-state index in [4.69, 9.17) is 4.74 Å². The Morgan fingerprint density at radius 2 is 1.69 bits per heavy atom. The SMILES string of the molecule is COc1ccccc1N1CCN(C(=O)C2CCC(=O)N2c2ccc(C)cc2)CC1. The zero-order valence-electron chi connectivity index (χ0n) is 17.0. The molecule has 0 radical (unpaired) electrons. The van der Waals surface area contributed by atoms with E-state index in [9.17, 15) is 9.59 Å². The zero-order chi connectivity index (χ0) is 20.4. The predicted octanol–water partition coefficient (Wildman–Crippen LogP) is 2.85. The number of carbonyl (C=O) groups is 2. The Kier molecular flexibility index (Phi) is 5.43. The first-order chi connectivity index (χ1) is 14.1. The molecule has 4 rings (SSSR count). The van der Waals surface area contributed by atoms with Crippen LogP contribution in [0.2, 0.25) is 0 Å². The fourth-order valence-electron chi connectivity index (χ4n) is 4.22. The predicted molar refractivity (Wildman–Crippen MR) is 113 cm³/mol. The third-order valence-electron chi connectivity index (χ3n) is 5.83. The lowest BCUT2D eigenvalue weighted by Crippen LogP contribution is -2.54. The molecule has 2 aromatic carbocycles. The fraction of sp³-hybridized carbons (Fsp3) is 0.391. The molecule has 0 spiro atoms. The average molecular weight is 393 g/mol. The van der Waals surface area contributed by atoms with Gasteiger partial charge in [0.2, 0.25) is 11.8 Å². The minimum atomic E-state index is -0.400. The number of hydrogen-bond acceptors (Lipinski definition) is 4. The van der Waals surface area contributed by atoms with Gasteiger partial charge in [-0.1, -0.05) is 29.8 Å². The Bertz CT molecular complexity index is 888. The lowest BCUT2D eigenvalue weighted by Gasteiger charge is -2.38. The van der Waals surface area contributed by atoms with Crippen LogP contribution >= 0.6 is 0 Å². The van der Waals surface area contributed by atoms with Crippen LogP contribution in [-0.2, 0) is 9.59 Å². The number of aryl methyl sites for hydroxylation is 1. The van der Waals surface area contributed by atoms with Gasteiger partial charge in [0.1, 0.15) is 11.8 Å². The summed E-state index contributed by atoms with van der Waals surface area (Å²) in [5.41, 5.74) is 3.00. The van der Waals surface area contributed by atoms with E-state index >= 15 is 0 Å². The number of hydrogen-bond donors (Lipinski definition) is 0.